The summed E-state index contributed by atoms with van der Waals surface area (Å²) in [6, 6.07) is 36.7. The monoisotopic (exact) mass is 939 g/mol. The molecule has 1 atom stereocenters. The topological polar surface area (TPSA) is 94.8 Å². The SMILES string of the molecule is CCCCCCCCCCCCCCCCC(C(=O)O)c1cccc2cc3ccccc3cc12.CCCCCCCCCCCCCCCCCC(=O)O.Oc1cccc2cc3ccccc3cc12. The maximum atomic E-state index is 12.2. The molecule has 5 heteroatoms. The zero-order valence-electron chi connectivity index (χ0n) is 43.0. The van der Waals surface area contributed by atoms with Crippen molar-refractivity contribution in [1.29, 1.82) is 0 Å². The molecule has 6 aromatic rings. The van der Waals surface area contributed by atoms with Gasteiger partial charge in [0.25, 0.3) is 0 Å². The maximum Gasteiger partial charge on any atom is 0.310 e. The number of unbranched alkanes of at least 4 members (excludes halogenated alkanes) is 27. The van der Waals surface area contributed by atoms with Crippen LogP contribution >= 0.6 is 0 Å². The molecule has 0 aliphatic rings. The largest absolute Gasteiger partial charge is 0.507 e. The number of hydrogen-bond donors (Lipinski definition) is 3. The van der Waals surface area contributed by atoms with Crippen molar-refractivity contribution in [2.45, 2.75) is 219 Å². The van der Waals surface area contributed by atoms with E-state index in [0.717, 1.165) is 64.6 Å². The smallest absolute Gasteiger partial charge is 0.310 e. The fourth-order valence-electron chi connectivity index (χ4n) is 9.85. The molecule has 0 heterocycles. The van der Waals surface area contributed by atoms with Gasteiger partial charge in [0.05, 0.1) is 5.92 Å². The Bertz CT molecular complexity index is 2310. The third-order valence-electron chi connectivity index (χ3n) is 14.0. The molecule has 5 nitrogen and oxygen atoms in total. The number of benzene rings is 6. The Hall–Kier alpha value is -4.90. The van der Waals surface area contributed by atoms with E-state index < -0.39 is 17.9 Å². The van der Waals surface area contributed by atoms with Gasteiger partial charge >= 0.3 is 11.9 Å². The Morgan fingerprint density at radius 3 is 1.12 bits per heavy atom. The van der Waals surface area contributed by atoms with Crippen LogP contribution in [-0.2, 0) is 9.59 Å². The van der Waals surface area contributed by atoms with Gasteiger partial charge in [-0.05, 0) is 86.4 Å². The van der Waals surface area contributed by atoms with Crippen LogP contribution < -0.4 is 0 Å². The third-order valence-corrected chi connectivity index (χ3v) is 14.0. The number of carbonyl (C=O) groups is 2. The maximum absolute atomic E-state index is 12.2. The van der Waals surface area contributed by atoms with Crippen molar-refractivity contribution >= 4 is 55.0 Å². The van der Waals surface area contributed by atoms with Crippen molar-refractivity contribution < 1.29 is 24.9 Å². The molecule has 0 saturated heterocycles. The van der Waals surface area contributed by atoms with Crippen molar-refractivity contribution in [2.24, 2.45) is 0 Å². The summed E-state index contributed by atoms with van der Waals surface area (Å²) in [5.74, 6) is -1.43. The molecule has 376 valence electrons. The first kappa shape index (κ1) is 56.7. The van der Waals surface area contributed by atoms with E-state index in [2.05, 4.69) is 62.4 Å². The van der Waals surface area contributed by atoms with Crippen molar-refractivity contribution in [3.05, 3.63) is 115 Å². The summed E-state index contributed by atoms with van der Waals surface area (Å²) in [7, 11) is 0. The molecule has 0 aliphatic carbocycles. The minimum atomic E-state index is -0.699. The van der Waals surface area contributed by atoms with E-state index in [0.29, 0.717) is 12.2 Å². The Morgan fingerprint density at radius 1 is 0.377 bits per heavy atom. The Labute approximate surface area is 417 Å². The highest BCUT2D eigenvalue weighted by molar-refractivity contribution is 6.02. The first-order valence-corrected chi connectivity index (χ1v) is 27.8. The second-order valence-corrected chi connectivity index (χ2v) is 19.8. The Kier molecular flexibility index (Phi) is 28.9. The highest BCUT2D eigenvalue weighted by atomic mass is 16.4. The molecule has 0 saturated carbocycles. The Morgan fingerprint density at radius 2 is 0.710 bits per heavy atom. The van der Waals surface area contributed by atoms with E-state index in [1.807, 2.05) is 54.6 Å². The zero-order valence-corrected chi connectivity index (χ0v) is 43.0. The van der Waals surface area contributed by atoms with Gasteiger partial charge in [0.1, 0.15) is 5.75 Å². The van der Waals surface area contributed by atoms with Gasteiger partial charge in [-0.1, -0.05) is 272 Å². The van der Waals surface area contributed by atoms with Crippen LogP contribution in [0.2, 0.25) is 0 Å². The molecule has 6 aromatic carbocycles. The highest BCUT2D eigenvalue weighted by Crippen LogP contribution is 2.33. The summed E-state index contributed by atoms with van der Waals surface area (Å²) < 4.78 is 0. The average Bonchev–Trinajstić information content (AvgIpc) is 3.35. The first-order valence-electron chi connectivity index (χ1n) is 27.8. The van der Waals surface area contributed by atoms with Gasteiger partial charge in [0.15, 0.2) is 0 Å². The van der Waals surface area contributed by atoms with Gasteiger partial charge in [0, 0.05) is 11.8 Å². The van der Waals surface area contributed by atoms with Gasteiger partial charge in [-0.25, -0.2) is 0 Å². The van der Waals surface area contributed by atoms with E-state index in [4.69, 9.17) is 5.11 Å². The minimum absolute atomic E-state index is 0.345. The molecular weight excluding hydrogens is 849 g/mol. The molecule has 0 amide bonds. The number of fused-ring (bicyclic) bond motifs is 4. The molecule has 1 unspecified atom stereocenters. The third kappa shape index (κ3) is 22.6. The van der Waals surface area contributed by atoms with Crippen molar-refractivity contribution in [2.75, 3.05) is 0 Å². The fraction of sp³-hybridized carbons (Fsp3) is 0.531. The standard InChI is InChI=1S/C32H44O2.C18H36O2.C14H10O/c1-2-3-4-5-6-7-8-9-10-11-12-13-14-15-22-30(32(33)34)29-23-18-21-28-24-26-19-16-17-20-27(26)25-31(28)29;1-2-3-4-5-6-7-8-9-10-11-12-13-14-15-16-17-18(19)20;15-14-7-3-6-12-8-10-4-1-2-5-11(10)9-13(12)14/h16-21,23-25,30H,2-15,22H2,1H3,(H,33,34);2-17H2,1H3,(H,19,20);1-9,15H. The highest BCUT2D eigenvalue weighted by Gasteiger charge is 2.21. The predicted octanol–water partition coefficient (Wildman–Crippen LogP) is 20.1. The van der Waals surface area contributed by atoms with Crippen molar-refractivity contribution in [3.63, 3.8) is 0 Å². The number of phenols is 1. The van der Waals surface area contributed by atoms with Crippen LogP contribution in [0.5, 0.6) is 5.75 Å². The summed E-state index contributed by atoms with van der Waals surface area (Å²) in [4.78, 5) is 22.5. The van der Waals surface area contributed by atoms with Crippen LogP contribution in [0.4, 0.5) is 0 Å². The predicted molar refractivity (Wildman–Crippen MR) is 297 cm³/mol. The van der Waals surface area contributed by atoms with Crippen LogP contribution in [-0.4, -0.2) is 27.3 Å². The molecule has 6 rings (SSSR count). The van der Waals surface area contributed by atoms with E-state index >= 15 is 0 Å². The van der Waals surface area contributed by atoms with E-state index in [-0.39, 0.29) is 0 Å². The van der Waals surface area contributed by atoms with Crippen LogP contribution in [0.3, 0.4) is 0 Å². The van der Waals surface area contributed by atoms with Gasteiger partial charge in [-0.2, -0.15) is 0 Å². The lowest BCUT2D eigenvalue weighted by molar-refractivity contribution is -0.139. The van der Waals surface area contributed by atoms with Crippen molar-refractivity contribution in [3.8, 4) is 5.75 Å². The molecule has 0 spiro atoms. The second-order valence-electron chi connectivity index (χ2n) is 19.8. The summed E-state index contributed by atoms with van der Waals surface area (Å²) in [5.41, 5.74) is 0.963. The summed E-state index contributed by atoms with van der Waals surface area (Å²) in [6.45, 7) is 4.54. The lowest BCUT2D eigenvalue weighted by Crippen LogP contribution is -2.12. The summed E-state index contributed by atoms with van der Waals surface area (Å²) >= 11 is 0. The van der Waals surface area contributed by atoms with Crippen LogP contribution in [0, 0.1) is 0 Å². The number of phenolic OH excluding ortho intramolecular Hbond substituents is 1. The van der Waals surface area contributed by atoms with Crippen LogP contribution in [0.25, 0.3) is 43.1 Å². The fourth-order valence-corrected chi connectivity index (χ4v) is 9.85. The molecular formula is C64H90O5. The lowest BCUT2D eigenvalue weighted by atomic mass is 9.88. The van der Waals surface area contributed by atoms with Gasteiger partial charge in [-0.3, -0.25) is 9.59 Å². The molecule has 69 heavy (non-hydrogen) atoms. The molecule has 0 radical (unpaired) electrons. The summed E-state index contributed by atoms with van der Waals surface area (Å²) in [5, 5.41) is 37.2. The van der Waals surface area contributed by atoms with E-state index in [1.165, 1.54) is 177 Å². The van der Waals surface area contributed by atoms with E-state index in [1.54, 1.807) is 6.07 Å². The minimum Gasteiger partial charge on any atom is -0.507 e. The number of rotatable bonds is 33. The molecule has 3 N–H and O–H groups in total. The molecule has 0 aromatic heterocycles. The zero-order chi connectivity index (χ0) is 49.2. The van der Waals surface area contributed by atoms with Crippen molar-refractivity contribution in [1.82, 2.24) is 0 Å². The van der Waals surface area contributed by atoms with Crippen LogP contribution in [0.15, 0.2) is 109 Å². The second kappa shape index (κ2) is 35.2. The van der Waals surface area contributed by atoms with Gasteiger partial charge in [0.2, 0.25) is 0 Å². The number of hydrogen-bond acceptors (Lipinski definition) is 3. The average molecular weight is 939 g/mol. The van der Waals surface area contributed by atoms with Gasteiger partial charge in [-0.15, -0.1) is 0 Å². The number of carboxylic acid groups (broad SMARTS) is 2. The van der Waals surface area contributed by atoms with E-state index in [9.17, 15) is 19.8 Å². The van der Waals surface area contributed by atoms with Gasteiger partial charge < -0.3 is 15.3 Å². The Balaban J connectivity index is 0.000000249. The normalized spacial score (nSPS) is 11.6. The van der Waals surface area contributed by atoms with Crippen LogP contribution in [0.1, 0.15) is 224 Å². The molecule has 0 aliphatic heterocycles. The first-order chi connectivity index (χ1) is 33.8. The number of aliphatic carboxylic acids is 2. The lowest BCUT2D eigenvalue weighted by Gasteiger charge is -2.16. The number of aromatic hydroxyl groups is 1. The summed E-state index contributed by atoms with van der Waals surface area (Å²) in [6.07, 6.45) is 39.4. The molecule has 0 fully saturated rings. The number of carboxylic acids is 2. The quantitative estimate of drug-likeness (QED) is 0.0282. The molecule has 0 bridgehead atoms.